The Kier molecular flexibility index (Phi) is 3.78. The number of hydrogen-bond acceptors (Lipinski definition) is 3. The van der Waals surface area contributed by atoms with Crippen LogP contribution in [0.4, 0.5) is 0 Å². The molecule has 0 radical (unpaired) electrons. The van der Waals surface area contributed by atoms with Crippen LogP contribution in [0.2, 0.25) is 0 Å². The summed E-state index contributed by atoms with van der Waals surface area (Å²) in [6.07, 6.45) is 2.79. The van der Waals surface area contributed by atoms with E-state index in [0.717, 1.165) is 22.4 Å². The Morgan fingerprint density at radius 3 is 3.06 bits per heavy atom. The van der Waals surface area contributed by atoms with E-state index in [-0.39, 0.29) is 0 Å². The lowest BCUT2D eigenvalue weighted by atomic mass is 10.1. The second-order valence-corrected chi connectivity index (χ2v) is 5.74. The highest BCUT2D eigenvalue weighted by atomic mass is 79.9. The molecule has 2 aromatic heterocycles. The van der Waals surface area contributed by atoms with E-state index in [1.54, 1.807) is 11.3 Å². The number of hydrogen-bond donors (Lipinski definition) is 2. The minimum atomic E-state index is 0.467. The maximum absolute atomic E-state index is 5.60. The Hall–Kier alpha value is -0.650. The molecule has 2 aromatic rings. The van der Waals surface area contributed by atoms with Gasteiger partial charge < -0.3 is 10.7 Å². The summed E-state index contributed by atoms with van der Waals surface area (Å²) < 4.78 is 1.11. The molecule has 0 fully saturated rings. The first-order valence-electron chi connectivity index (χ1n) is 5.17. The van der Waals surface area contributed by atoms with Crippen molar-refractivity contribution >= 4 is 27.3 Å². The summed E-state index contributed by atoms with van der Waals surface area (Å²) in [6, 6.07) is 2.09. The minimum Gasteiger partial charge on any atom is -0.341 e. The number of aromatic amines is 1. The van der Waals surface area contributed by atoms with Crippen molar-refractivity contribution in [2.75, 3.05) is 6.54 Å². The van der Waals surface area contributed by atoms with Gasteiger partial charge in [-0.2, -0.15) is 0 Å². The molecule has 0 amide bonds. The van der Waals surface area contributed by atoms with E-state index in [2.05, 4.69) is 44.3 Å². The van der Waals surface area contributed by atoms with Crippen LogP contribution in [0.5, 0.6) is 0 Å². The molecule has 3 N–H and O–H groups in total. The van der Waals surface area contributed by atoms with Gasteiger partial charge in [-0.05, 0) is 34.5 Å². The average molecular weight is 300 g/mol. The molecule has 0 bridgehead atoms. The van der Waals surface area contributed by atoms with E-state index in [0.29, 0.717) is 12.5 Å². The lowest BCUT2D eigenvalue weighted by Gasteiger charge is -2.04. The van der Waals surface area contributed by atoms with Gasteiger partial charge in [0.2, 0.25) is 0 Å². The first-order valence-corrected chi connectivity index (χ1v) is 6.84. The van der Waals surface area contributed by atoms with Crippen molar-refractivity contribution in [2.45, 2.75) is 13.3 Å². The molecule has 1 atom stereocenters. The Labute approximate surface area is 107 Å². The monoisotopic (exact) mass is 299 g/mol. The molecule has 1 unspecified atom stereocenters. The normalized spacial score (nSPS) is 12.9. The van der Waals surface area contributed by atoms with Crippen LogP contribution in [0.15, 0.2) is 22.1 Å². The van der Waals surface area contributed by atoms with Gasteiger partial charge in [0.15, 0.2) is 0 Å². The summed E-state index contributed by atoms with van der Waals surface area (Å²) in [4.78, 5) is 8.90. The van der Waals surface area contributed by atoms with E-state index in [1.165, 1.54) is 4.88 Å². The molecule has 2 heterocycles. The fourth-order valence-electron chi connectivity index (χ4n) is 1.46. The number of halogens is 1. The van der Waals surface area contributed by atoms with Crippen LogP contribution in [0.1, 0.15) is 12.7 Å². The van der Waals surface area contributed by atoms with Crippen molar-refractivity contribution in [3.8, 4) is 10.6 Å². The van der Waals surface area contributed by atoms with Crippen molar-refractivity contribution in [1.29, 1.82) is 0 Å². The van der Waals surface area contributed by atoms with Gasteiger partial charge in [-0.15, -0.1) is 11.3 Å². The first-order chi connectivity index (χ1) is 7.69. The molecule has 0 aliphatic rings. The van der Waals surface area contributed by atoms with Crippen LogP contribution in [0, 0.1) is 5.92 Å². The van der Waals surface area contributed by atoms with Crippen molar-refractivity contribution in [3.05, 3.63) is 27.9 Å². The molecule has 0 aromatic carbocycles. The number of rotatable bonds is 4. The molecular weight excluding hydrogens is 286 g/mol. The van der Waals surface area contributed by atoms with Gasteiger partial charge in [-0.3, -0.25) is 0 Å². The summed E-state index contributed by atoms with van der Waals surface area (Å²) in [6.45, 7) is 2.82. The average Bonchev–Trinajstić information content (AvgIpc) is 2.87. The van der Waals surface area contributed by atoms with E-state index in [9.17, 15) is 0 Å². The molecule has 0 saturated heterocycles. The number of nitrogens with two attached hydrogens (primary N) is 1. The Balaban J connectivity index is 2.13. The van der Waals surface area contributed by atoms with Crippen LogP contribution in [-0.2, 0) is 6.42 Å². The van der Waals surface area contributed by atoms with Crippen molar-refractivity contribution in [2.24, 2.45) is 11.7 Å². The molecule has 5 heteroatoms. The van der Waals surface area contributed by atoms with E-state index in [1.807, 2.05) is 6.20 Å². The molecule has 0 saturated carbocycles. The van der Waals surface area contributed by atoms with Crippen molar-refractivity contribution in [1.82, 2.24) is 9.97 Å². The fraction of sp³-hybridized carbons (Fsp3) is 0.364. The van der Waals surface area contributed by atoms with Crippen LogP contribution in [0.3, 0.4) is 0 Å². The second kappa shape index (κ2) is 5.12. The van der Waals surface area contributed by atoms with Crippen LogP contribution in [0.25, 0.3) is 10.6 Å². The van der Waals surface area contributed by atoms with Gasteiger partial charge in [0, 0.05) is 16.3 Å². The maximum atomic E-state index is 5.60. The third kappa shape index (κ3) is 2.72. The number of thiophene rings is 1. The molecule has 0 aliphatic heterocycles. The second-order valence-electron chi connectivity index (χ2n) is 3.92. The maximum Gasteiger partial charge on any atom is 0.106 e. The molecule has 2 rings (SSSR count). The molecule has 16 heavy (non-hydrogen) atoms. The first kappa shape index (κ1) is 11.8. The van der Waals surface area contributed by atoms with Crippen LogP contribution < -0.4 is 5.73 Å². The number of imidazole rings is 1. The van der Waals surface area contributed by atoms with Gasteiger partial charge in [0.25, 0.3) is 0 Å². The third-order valence-corrected chi connectivity index (χ3v) is 4.13. The third-order valence-electron chi connectivity index (χ3n) is 2.41. The predicted molar refractivity (Wildman–Crippen MR) is 71.5 cm³/mol. The predicted octanol–water partition coefficient (Wildman–Crippen LogP) is 3.04. The van der Waals surface area contributed by atoms with Gasteiger partial charge in [0.05, 0.1) is 16.8 Å². The summed E-state index contributed by atoms with van der Waals surface area (Å²) in [7, 11) is 0. The number of H-pyrrole nitrogens is 1. The topological polar surface area (TPSA) is 54.7 Å². The highest BCUT2D eigenvalue weighted by molar-refractivity contribution is 9.10. The van der Waals surface area contributed by atoms with Crippen molar-refractivity contribution < 1.29 is 0 Å². The highest BCUT2D eigenvalue weighted by Crippen LogP contribution is 2.28. The zero-order valence-corrected chi connectivity index (χ0v) is 11.4. The Morgan fingerprint density at radius 1 is 1.62 bits per heavy atom. The van der Waals surface area contributed by atoms with Gasteiger partial charge in [0.1, 0.15) is 5.82 Å². The quantitative estimate of drug-likeness (QED) is 0.912. The smallest absolute Gasteiger partial charge is 0.106 e. The minimum absolute atomic E-state index is 0.467. The lowest BCUT2D eigenvalue weighted by molar-refractivity contribution is 0.577. The molecule has 86 valence electrons. The largest absolute Gasteiger partial charge is 0.341 e. The highest BCUT2D eigenvalue weighted by Gasteiger charge is 2.08. The van der Waals surface area contributed by atoms with Gasteiger partial charge in [-0.1, -0.05) is 6.92 Å². The SMILES string of the molecule is CC(CN)Cc1ncc(-c2cc(Br)cs2)[nH]1. The summed E-state index contributed by atoms with van der Waals surface area (Å²) in [5, 5.41) is 2.07. The van der Waals surface area contributed by atoms with Crippen LogP contribution in [-0.4, -0.2) is 16.5 Å². The van der Waals surface area contributed by atoms with E-state index < -0.39 is 0 Å². The molecule has 0 aliphatic carbocycles. The number of aromatic nitrogens is 2. The fourth-order valence-corrected chi connectivity index (χ4v) is 2.85. The zero-order chi connectivity index (χ0) is 11.5. The number of nitrogens with zero attached hydrogens (tertiary/aromatic N) is 1. The summed E-state index contributed by atoms with van der Waals surface area (Å²) >= 11 is 5.15. The van der Waals surface area contributed by atoms with Gasteiger partial charge >= 0.3 is 0 Å². The Morgan fingerprint density at radius 2 is 2.44 bits per heavy atom. The lowest BCUT2D eigenvalue weighted by Crippen LogP contribution is -2.13. The van der Waals surface area contributed by atoms with E-state index in [4.69, 9.17) is 5.73 Å². The van der Waals surface area contributed by atoms with Crippen molar-refractivity contribution in [3.63, 3.8) is 0 Å². The molecular formula is C11H14BrN3S. The summed E-state index contributed by atoms with van der Waals surface area (Å²) in [5.41, 5.74) is 6.67. The number of nitrogens with one attached hydrogen (secondary N) is 1. The molecule has 0 spiro atoms. The van der Waals surface area contributed by atoms with E-state index >= 15 is 0 Å². The standard InChI is InChI=1S/C11H14BrN3S/c1-7(4-13)2-11-14-5-9(15-11)10-3-8(12)6-16-10/h3,5-7H,2,4,13H2,1H3,(H,14,15). The zero-order valence-electron chi connectivity index (χ0n) is 9.03. The molecule has 3 nitrogen and oxygen atoms in total. The van der Waals surface area contributed by atoms with Crippen LogP contribution >= 0.6 is 27.3 Å². The Bertz CT molecular complexity index is 463. The summed E-state index contributed by atoms with van der Waals surface area (Å²) in [5.74, 6) is 1.48. The van der Waals surface area contributed by atoms with Gasteiger partial charge in [-0.25, -0.2) is 4.98 Å².